The lowest BCUT2D eigenvalue weighted by Crippen LogP contribution is -2.31. The molecule has 23 heavy (non-hydrogen) atoms. The van der Waals surface area contributed by atoms with Gasteiger partial charge in [-0.1, -0.05) is 52.7 Å². The molecule has 2 rings (SSSR count). The van der Waals surface area contributed by atoms with Crippen molar-refractivity contribution in [2.45, 2.75) is 39.5 Å². The number of benzene rings is 2. The van der Waals surface area contributed by atoms with Crippen LogP contribution in [0.3, 0.4) is 0 Å². The SMILES string of the molecule is CC[C@@H](CO)NCc1cc(Br)ccc1OCc1cccc(C)c1. The first kappa shape index (κ1) is 18.0. The van der Waals surface area contributed by atoms with Crippen LogP contribution in [0.2, 0.25) is 0 Å². The molecule has 2 aromatic carbocycles. The van der Waals surface area contributed by atoms with Gasteiger partial charge in [0.2, 0.25) is 0 Å². The average molecular weight is 378 g/mol. The van der Waals surface area contributed by atoms with Crippen LogP contribution in [0.1, 0.15) is 30.0 Å². The van der Waals surface area contributed by atoms with Crippen molar-refractivity contribution < 1.29 is 9.84 Å². The van der Waals surface area contributed by atoms with Crippen LogP contribution in [0.15, 0.2) is 46.9 Å². The Labute approximate surface area is 146 Å². The molecule has 0 radical (unpaired) electrons. The van der Waals surface area contributed by atoms with Crippen molar-refractivity contribution in [3.8, 4) is 5.75 Å². The van der Waals surface area contributed by atoms with E-state index in [2.05, 4.69) is 59.4 Å². The maximum atomic E-state index is 9.30. The number of nitrogens with one attached hydrogen (secondary N) is 1. The van der Waals surface area contributed by atoms with E-state index >= 15 is 0 Å². The van der Waals surface area contributed by atoms with Gasteiger partial charge in [0.15, 0.2) is 0 Å². The molecule has 0 fully saturated rings. The minimum atomic E-state index is 0.110. The van der Waals surface area contributed by atoms with Gasteiger partial charge in [0.05, 0.1) is 6.61 Å². The fourth-order valence-electron chi connectivity index (χ4n) is 2.38. The normalized spacial score (nSPS) is 12.2. The smallest absolute Gasteiger partial charge is 0.124 e. The third-order valence-corrected chi connectivity index (χ3v) is 4.29. The van der Waals surface area contributed by atoms with Crippen LogP contribution in [0, 0.1) is 6.92 Å². The van der Waals surface area contributed by atoms with Crippen LogP contribution in [-0.2, 0) is 13.2 Å². The molecule has 2 aromatic rings. The van der Waals surface area contributed by atoms with Crippen molar-refractivity contribution in [3.05, 3.63) is 63.6 Å². The number of halogens is 1. The molecule has 0 spiro atoms. The molecule has 1 atom stereocenters. The molecule has 0 saturated heterocycles. The zero-order chi connectivity index (χ0) is 16.7. The fourth-order valence-corrected chi connectivity index (χ4v) is 2.79. The summed E-state index contributed by atoms with van der Waals surface area (Å²) < 4.78 is 7.03. The molecule has 2 N–H and O–H groups in total. The second kappa shape index (κ2) is 9.06. The van der Waals surface area contributed by atoms with E-state index in [0.29, 0.717) is 13.2 Å². The van der Waals surface area contributed by atoms with Crippen molar-refractivity contribution in [2.75, 3.05) is 6.61 Å². The van der Waals surface area contributed by atoms with Gasteiger partial charge in [0, 0.05) is 22.6 Å². The monoisotopic (exact) mass is 377 g/mol. The summed E-state index contributed by atoms with van der Waals surface area (Å²) in [5.41, 5.74) is 3.48. The standard InChI is InChI=1S/C19H24BrNO2/c1-3-18(12-22)21-11-16-10-17(20)7-8-19(16)23-13-15-6-4-5-14(2)9-15/h4-10,18,21-22H,3,11-13H2,1-2H3/t18-/m0/s1. The molecule has 3 nitrogen and oxygen atoms in total. The number of aliphatic hydroxyl groups excluding tert-OH is 1. The number of aryl methyl sites for hydroxylation is 1. The van der Waals surface area contributed by atoms with Gasteiger partial charge in [-0.05, 0) is 37.1 Å². The highest BCUT2D eigenvalue weighted by molar-refractivity contribution is 9.10. The van der Waals surface area contributed by atoms with Gasteiger partial charge >= 0.3 is 0 Å². The molecular weight excluding hydrogens is 354 g/mol. The van der Waals surface area contributed by atoms with E-state index in [0.717, 1.165) is 27.8 Å². The first-order valence-electron chi connectivity index (χ1n) is 7.93. The third kappa shape index (κ3) is 5.65. The van der Waals surface area contributed by atoms with Crippen LogP contribution in [0.4, 0.5) is 0 Å². The summed E-state index contributed by atoms with van der Waals surface area (Å²) in [6, 6.07) is 14.5. The van der Waals surface area contributed by atoms with E-state index in [-0.39, 0.29) is 12.6 Å². The molecule has 0 aliphatic carbocycles. The second-order valence-electron chi connectivity index (χ2n) is 5.70. The molecular formula is C19H24BrNO2. The third-order valence-electron chi connectivity index (χ3n) is 3.79. The Hall–Kier alpha value is -1.36. The van der Waals surface area contributed by atoms with Gasteiger partial charge in [0.25, 0.3) is 0 Å². The number of hydrogen-bond acceptors (Lipinski definition) is 3. The second-order valence-corrected chi connectivity index (χ2v) is 6.61. The molecule has 0 aliphatic heterocycles. The lowest BCUT2D eigenvalue weighted by Gasteiger charge is -2.17. The molecule has 0 saturated carbocycles. The Bertz CT molecular complexity index is 627. The predicted molar refractivity (Wildman–Crippen MR) is 97.7 cm³/mol. The molecule has 0 unspecified atom stereocenters. The fraction of sp³-hybridized carbons (Fsp3) is 0.368. The van der Waals surface area contributed by atoms with Crippen molar-refractivity contribution in [1.29, 1.82) is 0 Å². The summed E-state index contributed by atoms with van der Waals surface area (Å²) in [5.74, 6) is 0.870. The van der Waals surface area contributed by atoms with Crippen molar-refractivity contribution in [3.63, 3.8) is 0 Å². The van der Waals surface area contributed by atoms with Crippen LogP contribution in [0.25, 0.3) is 0 Å². The molecule has 124 valence electrons. The van der Waals surface area contributed by atoms with Crippen molar-refractivity contribution in [2.24, 2.45) is 0 Å². The minimum absolute atomic E-state index is 0.110. The summed E-state index contributed by atoms with van der Waals surface area (Å²) >= 11 is 3.51. The highest BCUT2D eigenvalue weighted by atomic mass is 79.9. The highest BCUT2D eigenvalue weighted by Crippen LogP contribution is 2.24. The van der Waals surface area contributed by atoms with Crippen LogP contribution >= 0.6 is 15.9 Å². The van der Waals surface area contributed by atoms with E-state index in [9.17, 15) is 5.11 Å². The van der Waals surface area contributed by atoms with Gasteiger partial charge in [0.1, 0.15) is 12.4 Å². The maximum Gasteiger partial charge on any atom is 0.124 e. The highest BCUT2D eigenvalue weighted by Gasteiger charge is 2.09. The number of rotatable bonds is 8. The van der Waals surface area contributed by atoms with Gasteiger partial charge in [-0.25, -0.2) is 0 Å². The summed E-state index contributed by atoms with van der Waals surface area (Å²) in [6.45, 7) is 5.50. The van der Waals surface area contributed by atoms with Crippen molar-refractivity contribution >= 4 is 15.9 Å². The summed E-state index contributed by atoms with van der Waals surface area (Å²) in [7, 11) is 0. The largest absolute Gasteiger partial charge is 0.489 e. The topological polar surface area (TPSA) is 41.5 Å². The lowest BCUT2D eigenvalue weighted by atomic mass is 10.1. The summed E-state index contributed by atoms with van der Waals surface area (Å²) in [5, 5.41) is 12.7. The minimum Gasteiger partial charge on any atom is -0.489 e. The first-order chi connectivity index (χ1) is 11.1. The number of hydrogen-bond donors (Lipinski definition) is 2. The van der Waals surface area contributed by atoms with Gasteiger partial charge < -0.3 is 15.2 Å². The molecule has 0 heterocycles. The Morgan fingerprint density at radius 2 is 2.04 bits per heavy atom. The summed E-state index contributed by atoms with van der Waals surface area (Å²) in [4.78, 5) is 0. The van der Waals surface area contributed by atoms with E-state index < -0.39 is 0 Å². The number of aliphatic hydroxyl groups is 1. The Morgan fingerprint density at radius 3 is 2.74 bits per heavy atom. The molecule has 0 bridgehead atoms. The molecule has 0 aromatic heterocycles. The van der Waals surface area contributed by atoms with Gasteiger partial charge in [-0.2, -0.15) is 0 Å². The van der Waals surface area contributed by atoms with E-state index in [1.54, 1.807) is 0 Å². The van der Waals surface area contributed by atoms with Gasteiger partial charge in [-0.3, -0.25) is 0 Å². The molecule has 4 heteroatoms. The predicted octanol–water partition coefficient (Wildman–Crippen LogP) is 4.20. The Kier molecular flexibility index (Phi) is 7.09. The molecule has 0 amide bonds. The Morgan fingerprint density at radius 1 is 1.22 bits per heavy atom. The van der Waals surface area contributed by atoms with Crippen molar-refractivity contribution in [1.82, 2.24) is 5.32 Å². The van der Waals surface area contributed by atoms with Crippen LogP contribution in [-0.4, -0.2) is 17.8 Å². The first-order valence-corrected chi connectivity index (χ1v) is 8.72. The number of ether oxygens (including phenoxy) is 1. The maximum absolute atomic E-state index is 9.30. The lowest BCUT2D eigenvalue weighted by molar-refractivity contribution is 0.237. The average Bonchev–Trinajstić information content (AvgIpc) is 2.55. The van der Waals surface area contributed by atoms with Gasteiger partial charge in [-0.15, -0.1) is 0 Å². The Balaban J connectivity index is 2.05. The zero-order valence-electron chi connectivity index (χ0n) is 13.7. The van der Waals surface area contributed by atoms with Crippen LogP contribution in [0.5, 0.6) is 5.75 Å². The van der Waals surface area contributed by atoms with E-state index in [4.69, 9.17) is 4.74 Å². The quantitative estimate of drug-likeness (QED) is 0.724. The van der Waals surface area contributed by atoms with E-state index in [1.165, 1.54) is 5.56 Å². The van der Waals surface area contributed by atoms with E-state index in [1.807, 2.05) is 18.2 Å². The van der Waals surface area contributed by atoms with Crippen LogP contribution < -0.4 is 10.1 Å². The summed E-state index contributed by atoms with van der Waals surface area (Å²) in [6.07, 6.45) is 0.893. The zero-order valence-corrected chi connectivity index (χ0v) is 15.3. The molecule has 0 aliphatic rings.